The van der Waals surface area contributed by atoms with Crippen LogP contribution in [0.5, 0.6) is 11.5 Å². The number of rotatable bonds is 6. The summed E-state index contributed by atoms with van der Waals surface area (Å²) in [4.78, 5) is 37.5. The van der Waals surface area contributed by atoms with Crippen LogP contribution in [0.15, 0.2) is 69.9 Å². The van der Waals surface area contributed by atoms with Crippen molar-refractivity contribution in [2.45, 2.75) is 26.0 Å². The van der Waals surface area contributed by atoms with Gasteiger partial charge in [0, 0.05) is 23.2 Å². The van der Waals surface area contributed by atoms with Gasteiger partial charge in [0.15, 0.2) is 0 Å². The van der Waals surface area contributed by atoms with Crippen molar-refractivity contribution in [3.63, 3.8) is 0 Å². The first kappa shape index (κ1) is 23.1. The molecule has 1 unspecified atom stereocenters. The monoisotopic (exact) mass is 481 g/mol. The number of fused-ring (bicyclic) bond motifs is 2. The van der Waals surface area contributed by atoms with Gasteiger partial charge in [0.25, 0.3) is 0 Å². The lowest BCUT2D eigenvalue weighted by atomic mass is 10.1. The maximum absolute atomic E-state index is 12.8. The Labute approximate surface area is 198 Å². The maximum atomic E-state index is 12.8. The van der Waals surface area contributed by atoms with E-state index in [0.29, 0.717) is 5.02 Å². The molecule has 0 aliphatic heterocycles. The third-order valence-corrected chi connectivity index (χ3v) is 5.34. The normalized spacial score (nSPS) is 11.8. The highest BCUT2D eigenvalue weighted by Crippen LogP contribution is 2.31. The number of ether oxygens (including phenoxy) is 2. The van der Waals surface area contributed by atoms with Crippen LogP contribution in [0, 0.1) is 0 Å². The van der Waals surface area contributed by atoms with Crippen LogP contribution in [-0.2, 0) is 16.1 Å². The molecule has 174 valence electrons. The molecule has 0 radical (unpaired) electrons. The van der Waals surface area contributed by atoms with Gasteiger partial charge >= 0.3 is 12.1 Å². The van der Waals surface area contributed by atoms with E-state index in [4.69, 9.17) is 25.5 Å². The number of carbonyl (C=O) groups is 2. The number of halogens is 1. The van der Waals surface area contributed by atoms with Crippen LogP contribution in [0.3, 0.4) is 0 Å². The number of aromatic hydroxyl groups is 1. The molecule has 0 saturated heterocycles. The molecule has 0 saturated carbocycles. The van der Waals surface area contributed by atoms with Gasteiger partial charge in [-0.2, -0.15) is 0 Å². The second-order valence-electron chi connectivity index (χ2n) is 7.48. The van der Waals surface area contributed by atoms with Gasteiger partial charge < -0.3 is 24.3 Å². The summed E-state index contributed by atoms with van der Waals surface area (Å²) in [5, 5.41) is 13.4. The van der Waals surface area contributed by atoms with E-state index in [1.807, 2.05) is 18.2 Å². The zero-order valence-electron chi connectivity index (χ0n) is 18.0. The van der Waals surface area contributed by atoms with Gasteiger partial charge in [0.2, 0.25) is 5.43 Å². The summed E-state index contributed by atoms with van der Waals surface area (Å²) < 4.78 is 16.2. The molecular weight excluding hydrogens is 462 g/mol. The molecule has 0 spiro atoms. The maximum Gasteiger partial charge on any atom is 0.408 e. The van der Waals surface area contributed by atoms with E-state index >= 15 is 0 Å². The topological polar surface area (TPSA) is 115 Å². The number of carbonyl (C=O) groups excluding carboxylic acids is 2. The lowest BCUT2D eigenvalue weighted by Gasteiger charge is -2.16. The van der Waals surface area contributed by atoms with Gasteiger partial charge in [-0.25, -0.2) is 9.59 Å². The summed E-state index contributed by atoms with van der Waals surface area (Å²) in [7, 11) is 0. The molecule has 0 aliphatic rings. The van der Waals surface area contributed by atoms with Gasteiger partial charge in [-0.3, -0.25) is 4.79 Å². The van der Waals surface area contributed by atoms with Crippen molar-refractivity contribution in [3.8, 4) is 11.5 Å². The minimum atomic E-state index is -0.997. The van der Waals surface area contributed by atoms with Crippen LogP contribution in [0.2, 0.25) is 5.02 Å². The third kappa shape index (κ3) is 4.97. The van der Waals surface area contributed by atoms with Crippen molar-refractivity contribution < 1.29 is 28.6 Å². The van der Waals surface area contributed by atoms with Crippen LogP contribution in [-0.4, -0.2) is 23.2 Å². The van der Waals surface area contributed by atoms with Crippen LogP contribution >= 0.6 is 11.6 Å². The van der Waals surface area contributed by atoms with E-state index in [2.05, 4.69) is 5.32 Å². The summed E-state index contributed by atoms with van der Waals surface area (Å²) in [5.74, 6) is -1.24. The Balaban J connectivity index is 1.51. The molecule has 4 aromatic rings. The number of alkyl carbamates (subject to hydrolysis) is 1. The molecule has 2 N–H and O–H groups in total. The summed E-state index contributed by atoms with van der Waals surface area (Å²) in [5.41, 5.74) is 0.598. The Bertz CT molecular complexity index is 1430. The molecule has 1 aromatic heterocycles. The predicted octanol–water partition coefficient (Wildman–Crippen LogP) is 4.92. The van der Waals surface area contributed by atoms with E-state index in [0.717, 1.165) is 11.6 Å². The molecule has 1 atom stereocenters. The largest absolute Gasteiger partial charge is 0.507 e. The number of hydrogen-bond acceptors (Lipinski definition) is 7. The standard InChI is InChI=1S/C25H20ClNO7/c1-2-18(27-25(31)32-13-14-6-4-3-5-7-14)24(30)33-16-11-19(28)22-21(12-16)34-20-10-15(26)8-9-17(20)23(22)29/h3-12,18,28H,2,13H2,1H3,(H,27,31). The van der Waals surface area contributed by atoms with Crippen LogP contribution in [0.25, 0.3) is 21.9 Å². The molecule has 0 bridgehead atoms. The molecule has 1 amide bonds. The second kappa shape index (κ2) is 9.84. The van der Waals surface area contributed by atoms with Crippen LogP contribution < -0.4 is 15.5 Å². The minimum absolute atomic E-state index is 0.0193. The van der Waals surface area contributed by atoms with Crippen molar-refractivity contribution in [3.05, 3.63) is 81.5 Å². The zero-order chi connectivity index (χ0) is 24.2. The zero-order valence-corrected chi connectivity index (χ0v) is 18.8. The predicted molar refractivity (Wildman–Crippen MR) is 126 cm³/mol. The first-order chi connectivity index (χ1) is 16.4. The summed E-state index contributed by atoms with van der Waals surface area (Å²) in [6.07, 6.45) is -0.541. The van der Waals surface area contributed by atoms with E-state index in [1.54, 1.807) is 25.1 Å². The van der Waals surface area contributed by atoms with Gasteiger partial charge in [0.05, 0.1) is 5.39 Å². The number of phenolic OH excluding ortho intramolecular Hbond substituents is 1. The number of phenols is 1. The van der Waals surface area contributed by atoms with Gasteiger partial charge in [0.1, 0.15) is 40.7 Å². The minimum Gasteiger partial charge on any atom is -0.507 e. The van der Waals surface area contributed by atoms with Crippen molar-refractivity contribution >= 4 is 45.6 Å². The number of hydrogen-bond donors (Lipinski definition) is 2. The smallest absolute Gasteiger partial charge is 0.408 e. The highest BCUT2D eigenvalue weighted by Gasteiger charge is 2.23. The third-order valence-electron chi connectivity index (χ3n) is 5.11. The van der Waals surface area contributed by atoms with Gasteiger partial charge in [-0.15, -0.1) is 0 Å². The lowest BCUT2D eigenvalue weighted by Crippen LogP contribution is -2.42. The van der Waals surface area contributed by atoms with Crippen molar-refractivity contribution in [2.75, 3.05) is 0 Å². The first-order valence-corrected chi connectivity index (χ1v) is 10.8. The van der Waals surface area contributed by atoms with Crippen molar-refractivity contribution in [1.29, 1.82) is 0 Å². The Morgan fingerprint density at radius 3 is 2.59 bits per heavy atom. The second-order valence-corrected chi connectivity index (χ2v) is 7.91. The Morgan fingerprint density at radius 2 is 1.85 bits per heavy atom. The molecule has 8 nitrogen and oxygen atoms in total. The van der Waals surface area contributed by atoms with E-state index in [9.17, 15) is 19.5 Å². The Kier molecular flexibility index (Phi) is 6.70. The quantitative estimate of drug-likeness (QED) is 0.228. The summed E-state index contributed by atoms with van der Waals surface area (Å²) in [6, 6.07) is 15.1. The summed E-state index contributed by atoms with van der Waals surface area (Å²) in [6.45, 7) is 1.74. The average molecular weight is 482 g/mol. The highest BCUT2D eigenvalue weighted by atomic mass is 35.5. The molecule has 3 aromatic carbocycles. The first-order valence-electron chi connectivity index (χ1n) is 10.4. The fourth-order valence-corrected chi connectivity index (χ4v) is 3.55. The van der Waals surface area contributed by atoms with Crippen LogP contribution in [0.4, 0.5) is 4.79 Å². The fourth-order valence-electron chi connectivity index (χ4n) is 3.39. The highest BCUT2D eigenvalue weighted by molar-refractivity contribution is 6.31. The fraction of sp³-hybridized carbons (Fsp3) is 0.160. The van der Waals surface area contributed by atoms with E-state index in [1.165, 1.54) is 18.2 Å². The number of esters is 1. The van der Waals surface area contributed by atoms with Gasteiger partial charge in [-0.05, 0) is 24.1 Å². The van der Waals surface area contributed by atoms with Crippen molar-refractivity contribution in [1.82, 2.24) is 5.32 Å². The Morgan fingerprint density at radius 1 is 1.09 bits per heavy atom. The molecule has 4 rings (SSSR count). The molecule has 0 fully saturated rings. The number of benzene rings is 3. The Hall–Kier alpha value is -4.04. The van der Waals surface area contributed by atoms with Crippen molar-refractivity contribution in [2.24, 2.45) is 0 Å². The lowest BCUT2D eigenvalue weighted by molar-refractivity contribution is -0.136. The SMILES string of the molecule is CCC(NC(=O)OCc1ccccc1)C(=O)Oc1cc(O)c2c(=O)c3ccc(Cl)cc3oc2c1. The summed E-state index contributed by atoms with van der Waals surface area (Å²) >= 11 is 5.98. The molecule has 0 aliphatic carbocycles. The molecule has 1 heterocycles. The molecule has 34 heavy (non-hydrogen) atoms. The molecule has 9 heteroatoms. The van der Waals surface area contributed by atoms with E-state index in [-0.39, 0.29) is 40.7 Å². The van der Waals surface area contributed by atoms with E-state index < -0.39 is 29.3 Å². The average Bonchev–Trinajstić information content (AvgIpc) is 2.81. The molecular formula is C25H20ClNO7. The number of amides is 1. The van der Waals surface area contributed by atoms with Gasteiger partial charge in [-0.1, -0.05) is 48.9 Å². The van der Waals surface area contributed by atoms with Crippen LogP contribution in [0.1, 0.15) is 18.9 Å². The number of nitrogens with one attached hydrogen (secondary N) is 1.